The fourth-order valence-electron chi connectivity index (χ4n) is 1.87. The van der Waals surface area contributed by atoms with Gasteiger partial charge in [0.05, 0.1) is 18.9 Å². The van der Waals surface area contributed by atoms with Crippen LogP contribution in [-0.4, -0.2) is 24.3 Å². The smallest absolute Gasteiger partial charge is 0.416 e. The second-order valence-electron chi connectivity index (χ2n) is 4.68. The molecular weight excluding hydrogens is 325 g/mol. The predicted octanol–water partition coefficient (Wildman–Crippen LogP) is 3.18. The zero-order valence-electron chi connectivity index (χ0n) is 12.5. The van der Waals surface area contributed by atoms with E-state index < -0.39 is 17.6 Å². The number of carbonyl (C=O) groups is 1. The van der Waals surface area contributed by atoms with Gasteiger partial charge >= 0.3 is 6.18 Å². The normalized spacial score (nSPS) is 11.5. The average Bonchev–Trinajstić information content (AvgIpc) is 2.55. The van der Waals surface area contributed by atoms with Crippen LogP contribution in [0.4, 0.5) is 13.2 Å². The van der Waals surface area contributed by atoms with E-state index in [1.165, 1.54) is 25.3 Å². The number of para-hydroxylation sites is 1. The number of methoxy groups -OCH3 is 1. The van der Waals surface area contributed by atoms with Crippen molar-refractivity contribution < 1.29 is 27.8 Å². The molecule has 2 N–H and O–H groups in total. The lowest BCUT2D eigenvalue weighted by molar-refractivity contribution is -0.137. The van der Waals surface area contributed by atoms with E-state index in [0.29, 0.717) is 0 Å². The maximum Gasteiger partial charge on any atom is 0.416 e. The first-order chi connectivity index (χ1) is 11.3. The van der Waals surface area contributed by atoms with Gasteiger partial charge in [0.2, 0.25) is 0 Å². The molecule has 0 aromatic heterocycles. The lowest BCUT2D eigenvalue weighted by Gasteiger charge is -2.08. The maximum atomic E-state index is 12.6. The van der Waals surface area contributed by atoms with Gasteiger partial charge in [0.15, 0.2) is 11.5 Å². The summed E-state index contributed by atoms with van der Waals surface area (Å²) in [5.74, 6) is -0.750. The number of phenolic OH excluding ortho intramolecular Hbond substituents is 1. The highest BCUT2D eigenvalue weighted by atomic mass is 19.4. The van der Waals surface area contributed by atoms with Gasteiger partial charge in [-0.05, 0) is 30.3 Å². The maximum absolute atomic E-state index is 12.6. The van der Waals surface area contributed by atoms with E-state index in [0.717, 1.165) is 24.4 Å². The molecule has 126 valence electrons. The third-order valence-electron chi connectivity index (χ3n) is 3.07. The van der Waals surface area contributed by atoms with Crippen molar-refractivity contribution >= 4 is 12.1 Å². The van der Waals surface area contributed by atoms with Crippen molar-refractivity contribution in [2.75, 3.05) is 7.11 Å². The molecule has 0 radical (unpaired) electrons. The zero-order valence-corrected chi connectivity index (χ0v) is 12.5. The van der Waals surface area contributed by atoms with Crippen LogP contribution in [0, 0.1) is 0 Å². The molecule has 0 unspecified atom stereocenters. The Balaban J connectivity index is 2.11. The minimum atomic E-state index is -4.54. The summed E-state index contributed by atoms with van der Waals surface area (Å²) >= 11 is 0. The SMILES string of the molecule is COc1cccc(/C=N/NC(=O)c2cccc(C(F)(F)F)c2)c1O. The van der Waals surface area contributed by atoms with Crippen LogP contribution in [0.15, 0.2) is 47.6 Å². The summed E-state index contributed by atoms with van der Waals surface area (Å²) in [7, 11) is 1.38. The molecule has 0 heterocycles. The second-order valence-corrected chi connectivity index (χ2v) is 4.68. The van der Waals surface area contributed by atoms with Gasteiger partial charge in [-0.15, -0.1) is 0 Å². The average molecular weight is 338 g/mol. The molecule has 24 heavy (non-hydrogen) atoms. The molecule has 0 aliphatic rings. The standard InChI is InChI=1S/C16H13F3N2O3/c1-24-13-7-3-5-11(14(13)22)9-20-21-15(23)10-4-2-6-12(8-10)16(17,18)19/h2-9,22H,1H3,(H,21,23)/b20-9+. The molecular formula is C16H13F3N2O3. The van der Waals surface area contributed by atoms with Gasteiger partial charge in [0.25, 0.3) is 5.91 Å². The Labute approximate surface area is 135 Å². The number of nitrogens with one attached hydrogen (secondary N) is 1. The summed E-state index contributed by atoms with van der Waals surface area (Å²) < 4.78 is 42.8. The van der Waals surface area contributed by atoms with E-state index in [1.54, 1.807) is 6.07 Å². The molecule has 0 saturated heterocycles. The fraction of sp³-hybridized carbons (Fsp3) is 0.125. The molecule has 2 aromatic rings. The zero-order chi connectivity index (χ0) is 17.7. The number of nitrogens with zero attached hydrogens (tertiary/aromatic N) is 1. The number of ether oxygens (including phenoxy) is 1. The van der Waals surface area contributed by atoms with Crippen molar-refractivity contribution in [1.82, 2.24) is 5.43 Å². The molecule has 0 spiro atoms. The van der Waals surface area contributed by atoms with Gasteiger partial charge in [-0.3, -0.25) is 4.79 Å². The van der Waals surface area contributed by atoms with Gasteiger partial charge in [-0.25, -0.2) is 5.43 Å². The number of halogens is 3. The molecule has 2 aromatic carbocycles. The Morgan fingerprint density at radius 2 is 1.96 bits per heavy atom. The molecule has 8 heteroatoms. The summed E-state index contributed by atoms with van der Waals surface area (Å²) in [5.41, 5.74) is 1.27. The Morgan fingerprint density at radius 3 is 2.62 bits per heavy atom. The van der Waals surface area contributed by atoms with Crippen molar-refractivity contribution in [2.24, 2.45) is 5.10 Å². The number of hydrogen-bond acceptors (Lipinski definition) is 4. The van der Waals surface area contributed by atoms with Crippen LogP contribution in [0.25, 0.3) is 0 Å². The van der Waals surface area contributed by atoms with E-state index in [9.17, 15) is 23.1 Å². The fourth-order valence-corrected chi connectivity index (χ4v) is 1.87. The van der Waals surface area contributed by atoms with Crippen molar-refractivity contribution in [3.8, 4) is 11.5 Å². The van der Waals surface area contributed by atoms with Gasteiger partial charge in [-0.1, -0.05) is 12.1 Å². The van der Waals surface area contributed by atoms with Crippen molar-refractivity contribution in [1.29, 1.82) is 0 Å². The summed E-state index contributed by atoms with van der Waals surface area (Å²) in [6, 6.07) is 8.64. The summed E-state index contributed by atoms with van der Waals surface area (Å²) in [5, 5.41) is 13.5. The minimum Gasteiger partial charge on any atom is -0.504 e. The molecule has 0 saturated carbocycles. The number of alkyl halides is 3. The molecule has 0 bridgehead atoms. The first kappa shape index (κ1) is 17.3. The van der Waals surface area contributed by atoms with Crippen LogP contribution < -0.4 is 10.2 Å². The number of aromatic hydroxyl groups is 1. The molecule has 0 aliphatic carbocycles. The van der Waals surface area contributed by atoms with Crippen molar-refractivity contribution in [3.63, 3.8) is 0 Å². The van der Waals surface area contributed by atoms with Gasteiger partial charge in [0.1, 0.15) is 0 Å². The number of hydrogen-bond donors (Lipinski definition) is 2. The summed E-state index contributed by atoms with van der Waals surface area (Å²) in [6.45, 7) is 0. The number of hydrazone groups is 1. The summed E-state index contributed by atoms with van der Waals surface area (Å²) in [6.07, 6.45) is -3.38. The minimum absolute atomic E-state index is 0.169. The van der Waals surface area contributed by atoms with Gasteiger partial charge in [0, 0.05) is 11.1 Å². The molecule has 5 nitrogen and oxygen atoms in total. The van der Waals surface area contributed by atoms with E-state index in [4.69, 9.17) is 4.74 Å². The second kappa shape index (κ2) is 7.03. The topological polar surface area (TPSA) is 70.9 Å². The highest BCUT2D eigenvalue weighted by molar-refractivity contribution is 5.95. The monoisotopic (exact) mass is 338 g/mol. The molecule has 0 atom stereocenters. The molecule has 2 rings (SSSR count). The Hall–Kier alpha value is -3.03. The van der Waals surface area contributed by atoms with Gasteiger partial charge < -0.3 is 9.84 Å². The molecule has 1 amide bonds. The predicted molar refractivity (Wildman–Crippen MR) is 81.2 cm³/mol. The Bertz CT molecular complexity index is 773. The Morgan fingerprint density at radius 1 is 1.25 bits per heavy atom. The van der Waals surface area contributed by atoms with Crippen molar-refractivity contribution in [3.05, 3.63) is 59.2 Å². The first-order valence-corrected chi connectivity index (χ1v) is 6.69. The number of carbonyl (C=O) groups excluding carboxylic acids is 1. The van der Waals surface area contributed by atoms with E-state index in [-0.39, 0.29) is 22.6 Å². The largest absolute Gasteiger partial charge is 0.504 e. The third-order valence-corrected chi connectivity index (χ3v) is 3.07. The number of rotatable bonds is 4. The van der Waals surface area contributed by atoms with Crippen molar-refractivity contribution in [2.45, 2.75) is 6.18 Å². The first-order valence-electron chi connectivity index (χ1n) is 6.69. The van der Waals surface area contributed by atoms with E-state index in [1.807, 2.05) is 0 Å². The molecule has 0 aliphatic heterocycles. The number of phenols is 1. The van der Waals surface area contributed by atoms with Crippen LogP contribution in [0.5, 0.6) is 11.5 Å². The third kappa shape index (κ3) is 4.03. The Kier molecular flexibility index (Phi) is 5.08. The number of benzene rings is 2. The van der Waals surface area contributed by atoms with Crippen LogP contribution in [0.1, 0.15) is 21.5 Å². The number of amides is 1. The summed E-state index contributed by atoms with van der Waals surface area (Å²) in [4.78, 5) is 11.8. The van der Waals surface area contributed by atoms with Crippen LogP contribution in [0.2, 0.25) is 0 Å². The lowest BCUT2D eigenvalue weighted by Crippen LogP contribution is -2.18. The quantitative estimate of drug-likeness (QED) is 0.664. The van der Waals surface area contributed by atoms with E-state index in [2.05, 4.69) is 10.5 Å². The van der Waals surface area contributed by atoms with E-state index >= 15 is 0 Å². The van der Waals surface area contributed by atoms with Crippen LogP contribution >= 0.6 is 0 Å². The van der Waals surface area contributed by atoms with Crippen LogP contribution in [0.3, 0.4) is 0 Å². The lowest BCUT2D eigenvalue weighted by atomic mass is 10.1. The van der Waals surface area contributed by atoms with Crippen LogP contribution in [-0.2, 0) is 6.18 Å². The highest BCUT2D eigenvalue weighted by Gasteiger charge is 2.30. The highest BCUT2D eigenvalue weighted by Crippen LogP contribution is 2.29. The molecule has 0 fully saturated rings. The van der Waals surface area contributed by atoms with Gasteiger partial charge in [-0.2, -0.15) is 18.3 Å².